The number of alkyl halides is 3. The highest BCUT2D eigenvalue weighted by Gasteiger charge is 2.37. The fourth-order valence-corrected chi connectivity index (χ4v) is 3.31. The van der Waals surface area contributed by atoms with Gasteiger partial charge in [-0.15, -0.1) is 0 Å². The maximum absolute atomic E-state index is 13.4. The molecule has 2 aromatic rings. The van der Waals surface area contributed by atoms with E-state index in [0.29, 0.717) is 12.1 Å². The molecule has 1 unspecified atom stereocenters. The molecule has 7 nitrogen and oxygen atoms in total. The van der Waals surface area contributed by atoms with Gasteiger partial charge in [-0.25, -0.2) is 4.98 Å². The van der Waals surface area contributed by atoms with E-state index in [-0.39, 0.29) is 35.1 Å². The molecule has 1 atom stereocenters. The zero-order chi connectivity index (χ0) is 22.6. The Balaban J connectivity index is 2.58. The fraction of sp³-hybridized carbons (Fsp3) is 0.400. The van der Waals surface area contributed by atoms with Crippen LogP contribution in [0.15, 0.2) is 18.3 Å². The minimum atomic E-state index is -4.55. The SMILES string of the molecule is CCNC(=O)c1cc(C(C=N)C(=N)n2c(C)cc(C(F)(F)F)c2CC)cnc1OC. The van der Waals surface area contributed by atoms with Gasteiger partial charge in [-0.05, 0) is 38.0 Å². The Morgan fingerprint density at radius 2 is 2.03 bits per heavy atom. The van der Waals surface area contributed by atoms with Crippen molar-refractivity contribution in [2.75, 3.05) is 13.7 Å². The highest BCUT2D eigenvalue weighted by Crippen LogP contribution is 2.35. The van der Waals surface area contributed by atoms with Crippen molar-refractivity contribution in [2.24, 2.45) is 0 Å². The molecule has 2 heterocycles. The molecule has 0 fully saturated rings. The normalized spacial score (nSPS) is 12.4. The second-order valence-electron chi connectivity index (χ2n) is 6.55. The van der Waals surface area contributed by atoms with Gasteiger partial charge in [0.2, 0.25) is 5.88 Å². The summed E-state index contributed by atoms with van der Waals surface area (Å²) in [5.41, 5.74) is -0.177. The smallest absolute Gasteiger partial charge is 0.418 e. The predicted octanol–water partition coefficient (Wildman–Crippen LogP) is 3.79. The number of carbonyl (C=O) groups is 1. The first kappa shape index (κ1) is 23.1. The zero-order valence-electron chi connectivity index (χ0n) is 17.1. The Labute approximate surface area is 172 Å². The molecule has 0 spiro atoms. The molecule has 0 aliphatic heterocycles. The van der Waals surface area contributed by atoms with Gasteiger partial charge in [0.25, 0.3) is 5.91 Å². The third-order valence-corrected chi connectivity index (χ3v) is 4.64. The molecule has 10 heteroatoms. The Morgan fingerprint density at radius 3 is 2.53 bits per heavy atom. The second kappa shape index (κ2) is 9.10. The van der Waals surface area contributed by atoms with Crippen molar-refractivity contribution in [1.82, 2.24) is 14.9 Å². The number of nitrogens with zero attached hydrogens (tertiary/aromatic N) is 2. The molecule has 0 radical (unpaired) electrons. The molecule has 0 aromatic carbocycles. The summed E-state index contributed by atoms with van der Waals surface area (Å²) in [6.07, 6.45) is -2.20. The highest BCUT2D eigenvalue weighted by molar-refractivity contribution is 6.03. The summed E-state index contributed by atoms with van der Waals surface area (Å²) in [5.74, 6) is -1.60. The lowest BCUT2D eigenvalue weighted by Gasteiger charge is -2.20. The summed E-state index contributed by atoms with van der Waals surface area (Å²) in [7, 11) is 1.36. The molecule has 0 bridgehead atoms. The van der Waals surface area contributed by atoms with Crippen molar-refractivity contribution >= 4 is 18.0 Å². The van der Waals surface area contributed by atoms with Crippen molar-refractivity contribution in [3.05, 3.63) is 46.4 Å². The summed E-state index contributed by atoms with van der Waals surface area (Å²) in [5, 5.41) is 19.0. The van der Waals surface area contributed by atoms with Crippen molar-refractivity contribution in [2.45, 2.75) is 39.3 Å². The number of amides is 1. The van der Waals surface area contributed by atoms with Crippen molar-refractivity contribution in [1.29, 1.82) is 10.8 Å². The van der Waals surface area contributed by atoms with Crippen molar-refractivity contribution < 1.29 is 22.7 Å². The number of aryl methyl sites for hydroxylation is 1. The molecule has 0 aliphatic rings. The van der Waals surface area contributed by atoms with Gasteiger partial charge in [0.15, 0.2) is 0 Å². The van der Waals surface area contributed by atoms with Gasteiger partial charge < -0.3 is 20.0 Å². The Bertz CT molecular complexity index is 966. The van der Waals surface area contributed by atoms with Crippen LogP contribution >= 0.6 is 0 Å². The average molecular weight is 423 g/mol. The lowest BCUT2D eigenvalue weighted by Crippen LogP contribution is -2.26. The van der Waals surface area contributed by atoms with Crippen LogP contribution in [0.2, 0.25) is 0 Å². The predicted molar refractivity (Wildman–Crippen MR) is 107 cm³/mol. The average Bonchev–Trinajstić information content (AvgIpc) is 3.05. The van der Waals surface area contributed by atoms with E-state index in [4.69, 9.17) is 15.6 Å². The van der Waals surface area contributed by atoms with Gasteiger partial charge in [0, 0.05) is 30.3 Å². The molecule has 1 amide bonds. The quantitative estimate of drug-likeness (QED) is 0.466. The zero-order valence-corrected chi connectivity index (χ0v) is 17.1. The number of aromatic nitrogens is 2. The van der Waals surface area contributed by atoms with Crippen molar-refractivity contribution in [3.8, 4) is 5.88 Å². The van der Waals surface area contributed by atoms with Gasteiger partial charge in [-0.2, -0.15) is 13.2 Å². The number of hydrogen-bond donors (Lipinski definition) is 3. The standard InChI is InChI=1S/C20H24F3N5O2/c1-5-16-15(20(21,22)23)7-11(3)28(16)17(25)14(9-24)12-8-13(18(29)26-6-2)19(30-4)27-10-12/h7-10,14,24-25H,5-6H2,1-4H3,(H,26,29). The van der Waals surface area contributed by atoms with Gasteiger partial charge in [0.1, 0.15) is 11.4 Å². The van der Waals surface area contributed by atoms with E-state index in [1.807, 2.05) is 0 Å². The minimum Gasteiger partial charge on any atom is -0.480 e. The Kier molecular flexibility index (Phi) is 7.01. The molecular formula is C20H24F3N5O2. The molecule has 0 saturated heterocycles. The number of halogens is 3. The molecule has 30 heavy (non-hydrogen) atoms. The number of rotatable bonds is 7. The van der Waals surface area contributed by atoms with E-state index in [1.54, 1.807) is 13.8 Å². The lowest BCUT2D eigenvalue weighted by molar-refractivity contribution is -0.138. The maximum Gasteiger partial charge on any atom is 0.418 e. The van der Waals surface area contributed by atoms with E-state index < -0.39 is 23.6 Å². The van der Waals surface area contributed by atoms with E-state index >= 15 is 0 Å². The second-order valence-corrected chi connectivity index (χ2v) is 6.55. The van der Waals surface area contributed by atoms with Gasteiger partial charge >= 0.3 is 6.18 Å². The summed E-state index contributed by atoms with van der Waals surface area (Å²) in [6.45, 7) is 5.18. The molecule has 0 saturated carbocycles. The summed E-state index contributed by atoms with van der Waals surface area (Å²) in [4.78, 5) is 16.4. The number of pyridine rings is 1. The van der Waals surface area contributed by atoms with Gasteiger partial charge in [-0.1, -0.05) is 6.92 Å². The largest absolute Gasteiger partial charge is 0.480 e. The summed E-state index contributed by atoms with van der Waals surface area (Å²) >= 11 is 0. The molecule has 162 valence electrons. The van der Waals surface area contributed by atoms with E-state index in [2.05, 4.69) is 10.3 Å². The topological polar surface area (TPSA) is 104 Å². The Hall–Kier alpha value is -3.17. The first-order valence-electron chi connectivity index (χ1n) is 9.30. The van der Waals surface area contributed by atoms with Crippen LogP contribution in [0.5, 0.6) is 5.88 Å². The molecule has 3 N–H and O–H groups in total. The number of nitrogens with one attached hydrogen (secondary N) is 3. The summed E-state index contributed by atoms with van der Waals surface area (Å²) in [6, 6.07) is 2.44. The molecule has 0 aliphatic carbocycles. The summed E-state index contributed by atoms with van der Waals surface area (Å²) < 4.78 is 46.5. The lowest BCUT2D eigenvalue weighted by atomic mass is 9.98. The number of ether oxygens (including phenoxy) is 1. The van der Waals surface area contributed by atoms with Crippen LogP contribution in [-0.2, 0) is 12.6 Å². The monoisotopic (exact) mass is 423 g/mol. The van der Waals surface area contributed by atoms with Crippen LogP contribution < -0.4 is 10.1 Å². The van der Waals surface area contributed by atoms with Crippen LogP contribution in [0.25, 0.3) is 0 Å². The van der Waals surface area contributed by atoms with E-state index in [9.17, 15) is 18.0 Å². The third kappa shape index (κ3) is 4.37. The van der Waals surface area contributed by atoms with Gasteiger partial charge in [-0.3, -0.25) is 10.2 Å². The first-order valence-corrected chi connectivity index (χ1v) is 9.30. The molecule has 2 rings (SSSR count). The van der Waals surface area contributed by atoms with Crippen LogP contribution in [-0.4, -0.2) is 41.2 Å². The number of methoxy groups -OCH3 is 1. The minimum absolute atomic E-state index is 0.0535. The number of hydrogen-bond acceptors (Lipinski definition) is 5. The third-order valence-electron chi connectivity index (χ3n) is 4.64. The van der Waals surface area contributed by atoms with Gasteiger partial charge in [0.05, 0.1) is 18.6 Å². The van der Waals surface area contributed by atoms with Crippen LogP contribution in [0.1, 0.15) is 52.6 Å². The first-order chi connectivity index (χ1) is 14.1. The number of carbonyl (C=O) groups excluding carboxylic acids is 1. The Morgan fingerprint density at radius 1 is 1.37 bits per heavy atom. The van der Waals surface area contributed by atoms with Crippen LogP contribution in [0, 0.1) is 17.7 Å². The maximum atomic E-state index is 13.4. The van der Waals surface area contributed by atoms with E-state index in [1.165, 1.54) is 30.9 Å². The van der Waals surface area contributed by atoms with Crippen molar-refractivity contribution in [3.63, 3.8) is 0 Å². The van der Waals surface area contributed by atoms with Crippen LogP contribution in [0.3, 0.4) is 0 Å². The molecular weight excluding hydrogens is 399 g/mol. The highest BCUT2D eigenvalue weighted by atomic mass is 19.4. The van der Waals surface area contributed by atoms with E-state index in [0.717, 1.165) is 12.3 Å². The molecule has 2 aromatic heterocycles. The fourth-order valence-electron chi connectivity index (χ4n) is 3.31. The van der Waals surface area contributed by atoms with Crippen LogP contribution in [0.4, 0.5) is 13.2 Å².